The van der Waals surface area contributed by atoms with Crippen molar-refractivity contribution >= 4 is 40.5 Å². The van der Waals surface area contributed by atoms with E-state index in [1.54, 1.807) is 0 Å². The van der Waals surface area contributed by atoms with Gasteiger partial charge in [0, 0.05) is 54.7 Å². The normalized spacial score (nSPS) is 14.2. The van der Waals surface area contributed by atoms with Gasteiger partial charge in [0.2, 0.25) is 0 Å². The molecule has 0 spiro atoms. The Labute approximate surface area is 201 Å². The van der Waals surface area contributed by atoms with Crippen LogP contribution in [0.2, 0.25) is 0 Å². The predicted octanol–water partition coefficient (Wildman–Crippen LogP) is 5.22. The highest BCUT2D eigenvalue weighted by molar-refractivity contribution is 7.98. The summed E-state index contributed by atoms with van der Waals surface area (Å²) in [6, 6.07) is 27.7. The predicted molar refractivity (Wildman–Crippen MR) is 142 cm³/mol. The van der Waals surface area contributed by atoms with Gasteiger partial charge in [-0.3, -0.25) is 0 Å². The van der Waals surface area contributed by atoms with E-state index in [1.807, 2.05) is 17.8 Å². The molecule has 0 atom stereocenters. The molecule has 4 nitrogen and oxygen atoms in total. The van der Waals surface area contributed by atoms with Crippen LogP contribution in [0.4, 0.5) is 11.4 Å². The van der Waals surface area contributed by atoms with Crippen molar-refractivity contribution in [2.75, 3.05) is 43.4 Å². The molecule has 166 valence electrons. The molecule has 0 bridgehead atoms. The number of anilines is 2. The number of piperazine rings is 1. The number of thiocarbonyl (C=S) groups is 1. The highest BCUT2D eigenvalue weighted by Gasteiger charge is 2.13. The number of benzene rings is 3. The number of hydrogen-bond donors (Lipinski definition) is 2. The minimum atomic E-state index is 0.638. The second-order valence-corrected chi connectivity index (χ2v) is 9.52. The molecule has 4 rings (SSSR count). The van der Waals surface area contributed by atoms with Crippen LogP contribution in [-0.4, -0.2) is 43.2 Å². The Morgan fingerprint density at radius 1 is 0.844 bits per heavy atom. The Balaban J connectivity index is 1.20. The molecule has 0 saturated carbocycles. The Morgan fingerprint density at radius 2 is 1.50 bits per heavy atom. The molecule has 3 aromatic carbocycles. The third-order valence-corrected chi connectivity index (χ3v) is 6.95. The van der Waals surface area contributed by atoms with Crippen molar-refractivity contribution in [1.29, 1.82) is 0 Å². The van der Waals surface area contributed by atoms with Gasteiger partial charge >= 0.3 is 0 Å². The van der Waals surface area contributed by atoms with Crippen molar-refractivity contribution in [3.8, 4) is 0 Å². The largest absolute Gasteiger partial charge is 0.369 e. The minimum absolute atomic E-state index is 0.638. The summed E-state index contributed by atoms with van der Waals surface area (Å²) in [6.07, 6.45) is 0. The van der Waals surface area contributed by atoms with Crippen molar-refractivity contribution in [3.05, 3.63) is 90.0 Å². The molecule has 0 aromatic heterocycles. The zero-order valence-corrected chi connectivity index (χ0v) is 20.1. The molecule has 1 aliphatic heterocycles. The lowest BCUT2D eigenvalue weighted by atomic mass is 10.2. The number of rotatable bonds is 7. The average Bonchev–Trinajstić information content (AvgIpc) is 2.84. The number of thioether (sulfide) groups is 1. The summed E-state index contributed by atoms with van der Waals surface area (Å²) < 4.78 is 0. The van der Waals surface area contributed by atoms with Gasteiger partial charge in [0.25, 0.3) is 0 Å². The number of likely N-dealkylation sites (N-methyl/N-ethyl adjacent to an activating group) is 1. The molecular weight excluding hydrogens is 432 g/mol. The molecule has 2 N–H and O–H groups in total. The molecule has 0 radical (unpaired) electrons. The second kappa shape index (κ2) is 11.4. The van der Waals surface area contributed by atoms with Gasteiger partial charge in [-0.15, -0.1) is 11.8 Å². The fraction of sp³-hybridized carbons (Fsp3) is 0.269. The van der Waals surface area contributed by atoms with E-state index >= 15 is 0 Å². The third-order valence-electron chi connectivity index (χ3n) is 5.62. The van der Waals surface area contributed by atoms with Crippen LogP contribution in [-0.2, 0) is 12.3 Å². The van der Waals surface area contributed by atoms with Gasteiger partial charge in [-0.25, -0.2) is 0 Å². The summed E-state index contributed by atoms with van der Waals surface area (Å²) in [4.78, 5) is 6.11. The molecule has 1 aliphatic rings. The zero-order chi connectivity index (χ0) is 22.2. The van der Waals surface area contributed by atoms with Crippen molar-refractivity contribution in [1.82, 2.24) is 10.2 Å². The molecule has 0 aliphatic carbocycles. The Kier molecular flexibility index (Phi) is 8.04. The second-order valence-electron chi connectivity index (χ2n) is 8.06. The smallest absolute Gasteiger partial charge is 0.171 e. The van der Waals surface area contributed by atoms with Crippen molar-refractivity contribution < 1.29 is 0 Å². The van der Waals surface area contributed by atoms with Gasteiger partial charge in [-0.1, -0.05) is 42.5 Å². The van der Waals surface area contributed by atoms with Crippen LogP contribution in [0.1, 0.15) is 11.1 Å². The van der Waals surface area contributed by atoms with Gasteiger partial charge in [0.1, 0.15) is 0 Å². The summed E-state index contributed by atoms with van der Waals surface area (Å²) in [5.41, 5.74) is 4.82. The van der Waals surface area contributed by atoms with Crippen LogP contribution in [0.3, 0.4) is 0 Å². The van der Waals surface area contributed by atoms with E-state index in [0.29, 0.717) is 11.7 Å². The highest BCUT2D eigenvalue weighted by atomic mass is 32.2. The molecule has 32 heavy (non-hydrogen) atoms. The van der Waals surface area contributed by atoms with Gasteiger partial charge < -0.3 is 20.4 Å². The van der Waals surface area contributed by atoms with E-state index in [2.05, 4.69) is 100 Å². The van der Waals surface area contributed by atoms with Crippen molar-refractivity contribution in [2.45, 2.75) is 17.2 Å². The lowest BCUT2D eigenvalue weighted by molar-refractivity contribution is 0.313. The van der Waals surface area contributed by atoms with E-state index in [0.717, 1.165) is 37.6 Å². The van der Waals surface area contributed by atoms with Crippen LogP contribution >= 0.6 is 24.0 Å². The van der Waals surface area contributed by atoms with E-state index in [9.17, 15) is 0 Å². The quantitative estimate of drug-likeness (QED) is 0.370. The van der Waals surface area contributed by atoms with E-state index in [1.165, 1.54) is 21.7 Å². The first-order valence-corrected chi connectivity index (χ1v) is 12.4. The zero-order valence-electron chi connectivity index (χ0n) is 18.5. The average molecular weight is 463 g/mol. The fourth-order valence-electron chi connectivity index (χ4n) is 3.61. The first-order chi connectivity index (χ1) is 15.7. The SMILES string of the molecule is CN1CCN(c2ccc(CNC(=S)Nc3ccc(CSc4ccccc4)cc3)cc2)CC1. The molecule has 6 heteroatoms. The molecule has 1 heterocycles. The molecule has 1 fully saturated rings. The van der Waals surface area contributed by atoms with E-state index < -0.39 is 0 Å². The first kappa shape index (κ1) is 22.6. The fourth-order valence-corrected chi connectivity index (χ4v) is 4.68. The topological polar surface area (TPSA) is 30.5 Å². The third kappa shape index (κ3) is 6.73. The molecule has 1 saturated heterocycles. The lowest BCUT2D eigenvalue weighted by Gasteiger charge is -2.34. The Hall–Kier alpha value is -2.54. The highest BCUT2D eigenvalue weighted by Crippen LogP contribution is 2.23. The van der Waals surface area contributed by atoms with Crippen LogP contribution in [0.15, 0.2) is 83.8 Å². The van der Waals surface area contributed by atoms with Gasteiger partial charge in [-0.05, 0) is 66.8 Å². The van der Waals surface area contributed by atoms with Crippen molar-refractivity contribution in [2.24, 2.45) is 0 Å². The van der Waals surface area contributed by atoms with Crippen molar-refractivity contribution in [3.63, 3.8) is 0 Å². The van der Waals surface area contributed by atoms with Gasteiger partial charge in [0.15, 0.2) is 5.11 Å². The maximum Gasteiger partial charge on any atom is 0.171 e. The minimum Gasteiger partial charge on any atom is -0.369 e. The number of nitrogens with zero attached hydrogens (tertiary/aromatic N) is 2. The standard InChI is InChI=1S/C26H30N4S2/c1-29-15-17-30(18-16-29)24-13-9-21(10-14-24)19-27-26(31)28-23-11-7-22(8-12-23)20-32-25-5-3-2-4-6-25/h2-14H,15-20H2,1H3,(H2,27,28,31). The molecule has 0 amide bonds. The first-order valence-electron chi connectivity index (χ1n) is 11.0. The summed E-state index contributed by atoms with van der Waals surface area (Å²) in [5, 5.41) is 7.23. The van der Waals surface area contributed by atoms with Crippen LogP contribution in [0.25, 0.3) is 0 Å². The summed E-state index contributed by atoms with van der Waals surface area (Å²) in [6.45, 7) is 5.13. The van der Waals surface area contributed by atoms with E-state index in [4.69, 9.17) is 12.2 Å². The van der Waals surface area contributed by atoms with Crippen LogP contribution < -0.4 is 15.5 Å². The monoisotopic (exact) mass is 462 g/mol. The summed E-state index contributed by atoms with van der Waals surface area (Å²) >= 11 is 7.33. The lowest BCUT2D eigenvalue weighted by Crippen LogP contribution is -2.44. The molecule has 3 aromatic rings. The summed E-state index contributed by atoms with van der Waals surface area (Å²) in [5.74, 6) is 0.955. The van der Waals surface area contributed by atoms with Gasteiger partial charge in [-0.2, -0.15) is 0 Å². The summed E-state index contributed by atoms with van der Waals surface area (Å²) in [7, 11) is 2.18. The maximum atomic E-state index is 5.48. The number of hydrogen-bond acceptors (Lipinski definition) is 4. The van der Waals surface area contributed by atoms with Gasteiger partial charge in [0.05, 0.1) is 0 Å². The molecule has 0 unspecified atom stereocenters. The molecular formula is C26H30N4S2. The Bertz CT molecular complexity index is 983. The van der Waals surface area contributed by atoms with Crippen LogP contribution in [0, 0.1) is 0 Å². The van der Waals surface area contributed by atoms with Crippen LogP contribution in [0.5, 0.6) is 0 Å². The maximum absolute atomic E-state index is 5.48. The number of nitrogens with one attached hydrogen (secondary N) is 2. The van der Waals surface area contributed by atoms with E-state index in [-0.39, 0.29) is 0 Å². The Morgan fingerprint density at radius 3 is 2.19 bits per heavy atom.